The van der Waals surface area contributed by atoms with Crippen LogP contribution in [0, 0.1) is 0 Å². The third kappa shape index (κ3) is 4.31. The summed E-state index contributed by atoms with van der Waals surface area (Å²) in [7, 11) is 0. The summed E-state index contributed by atoms with van der Waals surface area (Å²) in [5.74, 6) is -1.32. The number of rotatable bonds is 6. The second-order valence-corrected chi connectivity index (χ2v) is 6.41. The second kappa shape index (κ2) is 8.40. The van der Waals surface area contributed by atoms with E-state index >= 15 is 0 Å². The molecule has 2 heterocycles. The van der Waals surface area contributed by atoms with E-state index in [-0.39, 0.29) is 24.5 Å². The molecule has 1 fully saturated rings. The van der Waals surface area contributed by atoms with Gasteiger partial charge in [0.25, 0.3) is 11.8 Å². The minimum Gasteiger partial charge on any atom is -0.387 e. The first-order chi connectivity index (χ1) is 13.4. The molecule has 0 bridgehead atoms. The van der Waals surface area contributed by atoms with E-state index in [2.05, 4.69) is 15.3 Å². The van der Waals surface area contributed by atoms with Crippen molar-refractivity contribution >= 4 is 11.8 Å². The first-order valence-electron chi connectivity index (χ1n) is 8.54. The van der Waals surface area contributed by atoms with Crippen LogP contribution in [0.2, 0.25) is 0 Å². The normalized spacial score (nSPS) is 24.0. The fourth-order valence-electron chi connectivity index (χ4n) is 2.83. The molecule has 0 aliphatic carbocycles. The minimum atomic E-state index is -1.89. The number of amides is 2. The summed E-state index contributed by atoms with van der Waals surface area (Å²) in [4.78, 5) is 31.8. The number of hydrogen-bond donors (Lipinski definition) is 4. The number of nitrogens with zero attached hydrogens (tertiary/aromatic N) is 3. The van der Waals surface area contributed by atoms with Crippen molar-refractivity contribution in [2.24, 2.45) is 0 Å². The molecule has 0 spiro atoms. The Balaban J connectivity index is 1.56. The number of nitrogens with one attached hydrogen (secondary N) is 1. The highest BCUT2D eigenvalue weighted by atomic mass is 16.5. The van der Waals surface area contributed by atoms with Crippen LogP contribution in [0.1, 0.15) is 21.0 Å². The van der Waals surface area contributed by atoms with Gasteiger partial charge in [0.2, 0.25) is 5.82 Å². The van der Waals surface area contributed by atoms with Crippen molar-refractivity contribution in [3.8, 4) is 0 Å². The van der Waals surface area contributed by atoms with Gasteiger partial charge >= 0.3 is 0 Å². The average Bonchev–Trinajstić information content (AvgIpc) is 3.00. The minimum absolute atomic E-state index is 0.0414. The van der Waals surface area contributed by atoms with Crippen molar-refractivity contribution in [1.82, 2.24) is 20.3 Å². The number of ether oxygens (including phenoxy) is 1. The lowest BCUT2D eigenvalue weighted by molar-refractivity contribution is -0.133. The van der Waals surface area contributed by atoms with Crippen molar-refractivity contribution in [2.75, 3.05) is 19.7 Å². The van der Waals surface area contributed by atoms with Gasteiger partial charge in [-0.1, -0.05) is 18.2 Å². The summed E-state index contributed by atoms with van der Waals surface area (Å²) < 4.78 is 5.35. The molecule has 1 aromatic heterocycles. The van der Waals surface area contributed by atoms with E-state index < -0.39 is 36.2 Å². The van der Waals surface area contributed by atoms with E-state index in [9.17, 15) is 25.0 Å². The van der Waals surface area contributed by atoms with Crippen LogP contribution in [-0.4, -0.2) is 79.8 Å². The van der Waals surface area contributed by atoms with E-state index in [1.807, 2.05) is 0 Å². The molecule has 10 heteroatoms. The predicted octanol–water partition coefficient (Wildman–Crippen LogP) is -0.771. The molecule has 2 amide bonds. The van der Waals surface area contributed by atoms with Crippen LogP contribution in [0.5, 0.6) is 0 Å². The number of aromatic nitrogens is 2. The van der Waals surface area contributed by atoms with Gasteiger partial charge in [0.05, 0.1) is 13.2 Å². The molecule has 1 aliphatic heterocycles. The molecule has 10 nitrogen and oxygen atoms in total. The second-order valence-electron chi connectivity index (χ2n) is 6.41. The van der Waals surface area contributed by atoms with Crippen molar-refractivity contribution in [2.45, 2.75) is 17.8 Å². The van der Waals surface area contributed by atoms with E-state index in [0.717, 1.165) is 0 Å². The Morgan fingerprint density at radius 2 is 1.89 bits per heavy atom. The Labute approximate surface area is 160 Å². The van der Waals surface area contributed by atoms with Crippen LogP contribution in [0.25, 0.3) is 0 Å². The highest BCUT2D eigenvalue weighted by Gasteiger charge is 2.49. The molecule has 148 valence electrons. The first kappa shape index (κ1) is 19.8. The van der Waals surface area contributed by atoms with Gasteiger partial charge in [-0.3, -0.25) is 14.8 Å². The van der Waals surface area contributed by atoms with Crippen molar-refractivity contribution in [3.63, 3.8) is 0 Å². The summed E-state index contributed by atoms with van der Waals surface area (Å²) in [5, 5.41) is 33.9. The largest absolute Gasteiger partial charge is 0.387 e. The molecule has 1 saturated heterocycles. The van der Waals surface area contributed by atoms with Crippen molar-refractivity contribution in [3.05, 3.63) is 60.2 Å². The molecular weight excluding hydrogens is 368 g/mol. The predicted molar refractivity (Wildman–Crippen MR) is 94.3 cm³/mol. The Kier molecular flexibility index (Phi) is 5.95. The third-order valence-corrected chi connectivity index (χ3v) is 4.36. The van der Waals surface area contributed by atoms with Crippen molar-refractivity contribution in [1.29, 1.82) is 0 Å². The number of aliphatic hydroxyl groups excluding tert-OH is 1. The Morgan fingerprint density at radius 1 is 1.21 bits per heavy atom. The molecule has 0 saturated carbocycles. The van der Waals surface area contributed by atoms with Crippen LogP contribution >= 0.6 is 0 Å². The molecular formula is C18H20N4O6. The smallest absolute Gasteiger partial charge is 0.289 e. The first-order valence-corrected chi connectivity index (χ1v) is 8.54. The van der Waals surface area contributed by atoms with Gasteiger partial charge in [-0.2, -0.15) is 0 Å². The highest BCUT2D eigenvalue weighted by Crippen LogP contribution is 2.26. The van der Waals surface area contributed by atoms with Gasteiger partial charge in [-0.25, -0.2) is 15.0 Å². The summed E-state index contributed by atoms with van der Waals surface area (Å²) in [5.41, 5.74) is -1.66. The van der Waals surface area contributed by atoms with E-state index in [4.69, 9.17) is 4.74 Å². The highest BCUT2D eigenvalue weighted by molar-refractivity contribution is 5.93. The van der Waals surface area contributed by atoms with E-state index in [1.54, 1.807) is 24.3 Å². The lowest BCUT2D eigenvalue weighted by Gasteiger charge is -2.29. The topological polar surface area (TPSA) is 145 Å². The zero-order valence-electron chi connectivity index (χ0n) is 14.8. The quantitative estimate of drug-likeness (QED) is 0.373. The fourth-order valence-corrected chi connectivity index (χ4v) is 2.83. The monoisotopic (exact) mass is 388 g/mol. The molecule has 2 aromatic rings. The van der Waals surface area contributed by atoms with Crippen LogP contribution < -0.4 is 5.32 Å². The van der Waals surface area contributed by atoms with Crippen LogP contribution in [-0.2, 0) is 4.74 Å². The fraction of sp³-hybridized carbons (Fsp3) is 0.333. The van der Waals surface area contributed by atoms with Crippen LogP contribution in [0.4, 0.5) is 0 Å². The van der Waals surface area contributed by atoms with Gasteiger partial charge in [0, 0.05) is 24.5 Å². The van der Waals surface area contributed by atoms with Gasteiger partial charge in [-0.05, 0) is 18.2 Å². The number of aliphatic hydroxyl groups is 2. The molecule has 0 radical (unpaired) electrons. The molecule has 28 heavy (non-hydrogen) atoms. The van der Waals surface area contributed by atoms with E-state index in [1.165, 1.54) is 24.5 Å². The molecule has 0 unspecified atom stereocenters. The van der Waals surface area contributed by atoms with Crippen LogP contribution in [0.15, 0.2) is 48.8 Å². The summed E-state index contributed by atoms with van der Waals surface area (Å²) >= 11 is 0. The Hall–Kier alpha value is -2.92. The SMILES string of the molecule is O=C(NC[C@H]1OC[C@@](O)(CN(O)C(=O)c2ccccc2)[C@@H]1O)c1ncccn1. The zero-order valence-corrected chi connectivity index (χ0v) is 14.8. The maximum atomic E-state index is 12.2. The number of hydroxylamine groups is 2. The molecule has 1 aliphatic rings. The maximum Gasteiger partial charge on any atom is 0.289 e. The van der Waals surface area contributed by atoms with Crippen molar-refractivity contribution < 1.29 is 29.7 Å². The van der Waals surface area contributed by atoms with Gasteiger partial charge in [0.15, 0.2) is 0 Å². The molecule has 1 aromatic carbocycles. The third-order valence-electron chi connectivity index (χ3n) is 4.36. The average molecular weight is 388 g/mol. The lowest BCUT2D eigenvalue weighted by atomic mass is 9.96. The van der Waals surface area contributed by atoms with Gasteiger partial charge < -0.3 is 20.3 Å². The molecule has 4 N–H and O–H groups in total. The summed E-state index contributed by atoms with van der Waals surface area (Å²) in [6.45, 7) is -0.998. The number of benzene rings is 1. The molecule has 3 rings (SSSR count). The van der Waals surface area contributed by atoms with Gasteiger partial charge in [-0.15, -0.1) is 0 Å². The number of carbonyl (C=O) groups excluding carboxylic acids is 2. The summed E-state index contributed by atoms with van der Waals surface area (Å²) in [6.07, 6.45) is 0.461. The lowest BCUT2D eigenvalue weighted by Crippen LogP contribution is -2.54. The standard InChI is InChI=1S/C18H20N4O6/c23-14-13(9-21-16(24)15-19-7-4-8-20-15)28-11-18(14,26)10-22(27)17(25)12-5-2-1-3-6-12/h1-8,13-14,23,26-27H,9-11H2,(H,21,24)/t13-,14-,18+/m1/s1. The Morgan fingerprint density at radius 3 is 2.57 bits per heavy atom. The maximum absolute atomic E-state index is 12.2. The van der Waals surface area contributed by atoms with E-state index in [0.29, 0.717) is 5.06 Å². The summed E-state index contributed by atoms with van der Waals surface area (Å²) in [6, 6.07) is 9.59. The molecule has 3 atom stereocenters. The zero-order chi connectivity index (χ0) is 20.1. The van der Waals surface area contributed by atoms with Gasteiger partial charge in [0.1, 0.15) is 17.8 Å². The van der Waals surface area contributed by atoms with Crippen LogP contribution in [0.3, 0.4) is 0 Å². The number of carbonyl (C=O) groups is 2. The Bertz CT molecular complexity index is 821. The number of hydrogen-bond acceptors (Lipinski definition) is 8.